The number of ether oxygens (including phenoxy) is 1. The number of nitrogens with one attached hydrogen (secondary N) is 1. The molecular formula is C20H23ClN2O2. The number of carbonyl (C=O) groups is 1. The Morgan fingerprint density at radius 1 is 1.16 bits per heavy atom. The summed E-state index contributed by atoms with van der Waals surface area (Å²) in [7, 11) is 0. The number of rotatable bonds is 6. The van der Waals surface area contributed by atoms with Crippen molar-refractivity contribution in [3.8, 4) is 5.75 Å². The number of amides is 1. The number of nitrogens with zero attached hydrogens (tertiary/aromatic N) is 1. The Bertz CT molecular complexity index is 697. The van der Waals surface area contributed by atoms with Crippen molar-refractivity contribution >= 4 is 17.5 Å². The summed E-state index contributed by atoms with van der Waals surface area (Å²) in [6, 6.07) is 10.9. The molecule has 0 spiro atoms. The van der Waals surface area contributed by atoms with Gasteiger partial charge in [0.15, 0.2) is 0 Å². The SMILES string of the molecule is O=C(NCC1CCCCC1)c1ccc(COc2ccccc2Cl)nc1. The van der Waals surface area contributed by atoms with Gasteiger partial charge in [-0.15, -0.1) is 0 Å². The highest BCUT2D eigenvalue weighted by atomic mass is 35.5. The van der Waals surface area contributed by atoms with E-state index >= 15 is 0 Å². The average molecular weight is 359 g/mol. The molecule has 1 fully saturated rings. The van der Waals surface area contributed by atoms with Crippen molar-refractivity contribution < 1.29 is 9.53 Å². The van der Waals surface area contributed by atoms with E-state index in [1.54, 1.807) is 18.3 Å². The van der Waals surface area contributed by atoms with Crippen molar-refractivity contribution in [1.82, 2.24) is 10.3 Å². The lowest BCUT2D eigenvalue weighted by molar-refractivity contribution is 0.0943. The highest BCUT2D eigenvalue weighted by Gasteiger charge is 2.15. The van der Waals surface area contributed by atoms with Crippen LogP contribution in [0, 0.1) is 5.92 Å². The van der Waals surface area contributed by atoms with Gasteiger partial charge >= 0.3 is 0 Å². The lowest BCUT2D eigenvalue weighted by atomic mass is 9.89. The zero-order valence-corrected chi connectivity index (χ0v) is 15.0. The molecule has 4 nitrogen and oxygen atoms in total. The molecular weight excluding hydrogens is 336 g/mol. The first-order chi connectivity index (χ1) is 12.2. The molecule has 1 aliphatic carbocycles. The fourth-order valence-corrected chi connectivity index (χ4v) is 3.28. The van der Waals surface area contributed by atoms with Crippen molar-refractivity contribution in [1.29, 1.82) is 0 Å². The van der Waals surface area contributed by atoms with Gasteiger partial charge in [0.1, 0.15) is 12.4 Å². The molecule has 0 aliphatic heterocycles. The van der Waals surface area contributed by atoms with Gasteiger partial charge in [-0.25, -0.2) is 0 Å². The fraction of sp³-hybridized carbons (Fsp3) is 0.400. The maximum Gasteiger partial charge on any atom is 0.252 e. The van der Waals surface area contributed by atoms with Gasteiger partial charge < -0.3 is 10.1 Å². The first-order valence-corrected chi connectivity index (χ1v) is 9.20. The van der Waals surface area contributed by atoms with Crippen LogP contribution >= 0.6 is 11.6 Å². The number of halogens is 1. The molecule has 2 aromatic rings. The van der Waals surface area contributed by atoms with Gasteiger partial charge in [-0.05, 0) is 43.0 Å². The first-order valence-electron chi connectivity index (χ1n) is 8.83. The minimum Gasteiger partial charge on any atom is -0.486 e. The van der Waals surface area contributed by atoms with Crippen LogP contribution in [0.2, 0.25) is 5.02 Å². The van der Waals surface area contributed by atoms with E-state index < -0.39 is 0 Å². The van der Waals surface area contributed by atoms with Gasteiger partial charge in [-0.2, -0.15) is 0 Å². The predicted octanol–water partition coefficient (Wildman–Crippen LogP) is 4.62. The second-order valence-electron chi connectivity index (χ2n) is 6.47. The smallest absolute Gasteiger partial charge is 0.252 e. The molecule has 1 aromatic carbocycles. The Hall–Kier alpha value is -2.07. The topological polar surface area (TPSA) is 51.2 Å². The minimum absolute atomic E-state index is 0.0587. The molecule has 0 radical (unpaired) electrons. The number of hydrogen-bond acceptors (Lipinski definition) is 3. The Balaban J connectivity index is 1.49. The molecule has 1 aliphatic rings. The highest BCUT2D eigenvalue weighted by Crippen LogP contribution is 2.24. The van der Waals surface area contributed by atoms with Crippen LogP contribution in [0.3, 0.4) is 0 Å². The van der Waals surface area contributed by atoms with E-state index in [1.165, 1.54) is 32.1 Å². The number of para-hydroxylation sites is 1. The Kier molecular flexibility index (Phi) is 6.29. The van der Waals surface area contributed by atoms with Crippen LogP contribution in [0.1, 0.15) is 48.2 Å². The second kappa shape index (κ2) is 8.86. The molecule has 0 atom stereocenters. The molecule has 0 bridgehead atoms. The van der Waals surface area contributed by atoms with Crippen molar-refractivity contribution in [2.45, 2.75) is 38.7 Å². The summed E-state index contributed by atoms with van der Waals surface area (Å²) in [5.74, 6) is 1.19. The molecule has 1 N–H and O–H groups in total. The summed E-state index contributed by atoms with van der Waals surface area (Å²) >= 11 is 6.06. The van der Waals surface area contributed by atoms with Crippen LogP contribution in [-0.2, 0) is 6.61 Å². The van der Waals surface area contributed by atoms with Crippen LogP contribution in [-0.4, -0.2) is 17.4 Å². The monoisotopic (exact) mass is 358 g/mol. The Labute approximate surface area is 153 Å². The molecule has 0 saturated heterocycles. The summed E-state index contributed by atoms with van der Waals surface area (Å²) < 4.78 is 5.66. The third-order valence-corrected chi connectivity index (χ3v) is 4.89. The molecule has 132 valence electrons. The second-order valence-corrected chi connectivity index (χ2v) is 6.88. The van der Waals surface area contributed by atoms with Gasteiger partial charge in [0.25, 0.3) is 5.91 Å². The number of hydrogen-bond donors (Lipinski definition) is 1. The van der Waals surface area contributed by atoms with Crippen LogP contribution < -0.4 is 10.1 Å². The van der Waals surface area contributed by atoms with E-state index in [-0.39, 0.29) is 5.91 Å². The predicted molar refractivity (Wildman–Crippen MR) is 98.9 cm³/mol. The largest absolute Gasteiger partial charge is 0.486 e. The van der Waals surface area contributed by atoms with Crippen molar-refractivity contribution in [3.63, 3.8) is 0 Å². The third-order valence-electron chi connectivity index (χ3n) is 4.58. The van der Waals surface area contributed by atoms with Crippen LogP contribution in [0.15, 0.2) is 42.6 Å². The first kappa shape index (κ1) is 17.7. The summed E-state index contributed by atoms with van der Waals surface area (Å²) in [5.41, 5.74) is 1.33. The molecule has 1 aromatic heterocycles. The van der Waals surface area contributed by atoms with E-state index in [9.17, 15) is 4.79 Å². The van der Waals surface area contributed by atoms with Crippen molar-refractivity contribution in [3.05, 3.63) is 58.9 Å². The zero-order valence-electron chi connectivity index (χ0n) is 14.2. The molecule has 1 saturated carbocycles. The van der Waals surface area contributed by atoms with E-state index in [2.05, 4.69) is 10.3 Å². The summed E-state index contributed by atoms with van der Waals surface area (Å²) in [6.07, 6.45) is 7.92. The number of aromatic nitrogens is 1. The van der Waals surface area contributed by atoms with Gasteiger partial charge in [0.05, 0.1) is 16.3 Å². The highest BCUT2D eigenvalue weighted by molar-refractivity contribution is 6.32. The molecule has 0 unspecified atom stereocenters. The Morgan fingerprint density at radius 2 is 1.96 bits per heavy atom. The van der Waals surface area contributed by atoms with Crippen LogP contribution in [0.4, 0.5) is 0 Å². The normalized spacial score (nSPS) is 14.9. The number of pyridine rings is 1. The molecule has 25 heavy (non-hydrogen) atoms. The average Bonchev–Trinajstić information content (AvgIpc) is 2.67. The van der Waals surface area contributed by atoms with Crippen LogP contribution in [0.5, 0.6) is 5.75 Å². The molecule has 3 rings (SSSR count). The van der Waals surface area contributed by atoms with Crippen molar-refractivity contribution in [2.24, 2.45) is 5.92 Å². The lowest BCUT2D eigenvalue weighted by Crippen LogP contribution is -2.30. The minimum atomic E-state index is -0.0587. The maximum atomic E-state index is 12.2. The Morgan fingerprint density at radius 3 is 2.68 bits per heavy atom. The molecule has 5 heteroatoms. The summed E-state index contributed by atoms with van der Waals surface area (Å²) in [4.78, 5) is 16.5. The standard InChI is InChI=1S/C20H23ClN2O2/c21-18-8-4-5-9-19(18)25-14-17-11-10-16(13-22-17)20(24)23-12-15-6-2-1-3-7-15/h4-5,8-11,13,15H,1-3,6-7,12,14H2,(H,23,24). The quantitative estimate of drug-likeness (QED) is 0.819. The van der Waals surface area contributed by atoms with Gasteiger partial charge in [-0.1, -0.05) is 43.0 Å². The van der Waals surface area contributed by atoms with Crippen LogP contribution in [0.25, 0.3) is 0 Å². The maximum absolute atomic E-state index is 12.2. The summed E-state index contributed by atoms with van der Waals surface area (Å²) in [6.45, 7) is 1.07. The molecule has 1 heterocycles. The van der Waals surface area contributed by atoms with E-state index in [4.69, 9.17) is 16.3 Å². The van der Waals surface area contributed by atoms with E-state index in [1.807, 2.05) is 24.3 Å². The van der Waals surface area contributed by atoms with Gasteiger partial charge in [0, 0.05) is 12.7 Å². The number of benzene rings is 1. The zero-order chi connectivity index (χ0) is 17.5. The van der Waals surface area contributed by atoms with Gasteiger partial charge in [-0.3, -0.25) is 9.78 Å². The van der Waals surface area contributed by atoms with E-state index in [0.29, 0.717) is 28.9 Å². The third kappa shape index (κ3) is 5.20. The molecule has 1 amide bonds. The van der Waals surface area contributed by atoms with Crippen molar-refractivity contribution in [2.75, 3.05) is 6.54 Å². The van der Waals surface area contributed by atoms with E-state index in [0.717, 1.165) is 12.2 Å². The summed E-state index contributed by atoms with van der Waals surface area (Å²) in [5, 5.41) is 3.60. The fourth-order valence-electron chi connectivity index (χ4n) is 3.09. The lowest BCUT2D eigenvalue weighted by Gasteiger charge is -2.21. The number of carbonyl (C=O) groups excluding carboxylic acids is 1. The van der Waals surface area contributed by atoms with Gasteiger partial charge in [0.2, 0.25) is 0 Å².